The van der Waals surface area contributed by atoms with Gasteiger partial charge in [-0.15, -0.1) is 0 Å². The zero-order valence-corrected chi connectivity index (χ0v) is 14.1. The Balaban J connectivity index is 1.38. The molecule has 0 radical (unpaired) electrons. The first-order chi connectivity index (χ1) is 11.2. The van der Waals surface area contributed by atoms with Crippen LogP contribution in [-0.2, 0) is 11.3 Å². The smallest absolute Gasteiger partial charge is 0.317 e. The van der Waals surface area contributed by atoms with E-state index in [4.69, 9.17) is 16.3 Å². The maximum atomic E-state index is 12.2. The summed E-state index contributed by atoms with van der Waals surface area (Å²) in [6.07, 6.45) is 2.74. The summed E-state index contributed by atoms with van der Waals surface area (Å²) >= 11 is 5.86. The maximum absolute atomic E-state index is 12.2. The van der Waals surface area contributed by atoms with Crippen LogP contribution in [0.3, 0.4) is 0 Å². The number of amides is 2. The lowest BCUT2D eigenvalue weighted by Crippen LogP contribution is -2.52. The lowest BCUT2D eigenvalue weighted by atomic mass is 10.2. The van der Waals surface area contributed by atoms with Crippen LogP contribution < -0.4 is 5.32 Å². The van der Waals surface area contributed by atoms with Gasteiger partial charge in [-0.3, -0.25) is 4.90 Å². The molecule has 0 saturated carbocycles. The summed E-state index contributed by atoms with van der Waals surface area (Å²) in [5, 5.41) is 3.69. The van der Waals surface area contributed by atoms with Crippen molar-refractivity contribution < 1.29 is 9.53 Å². The van der Waals surface area contributed by atoms with Gasteiger partial charge in [-0.1, -0.05) is 23.7 Å². The molecule has 1 atom stereocenters. The van der Waals surface area contributed by atoms with Crippen molar-refractivity contribution in [2.75, 3.05) is 39.3 Å². The minimum atomic E-state index is 0.0108. The van der Waals surface area contributed by atoms with E-state index in [1.165, 1.54) is 12.8 Å². The third-order valence-electron chi connectivity index (χ3n) is 4.50. The Labute approximate surface area is 142 Å². The van der Waals surface area contributed by atoms with Gasteiger partial charge in [0.2, 0.25) is 0 Å². The second-order valence-electron chi connectivity index (χ2n) is 6.21. The molecule has 2 saturated heterocycles. The molecule has 2 fully saturated rings. The van der Waals surface area contributed by atoms with E-state index in [-0.39, 0.29) is 6.03 Å². The summed E-state index contributed by atoms with van der Waals surface area (Å²) in [4.78, 5) is 16.5. The van der Waals surface area contributed by atoms with Crippen LogP contribution in [0.4, 0.5) is 4.79 Å². The SMILES string of the molecule is O=C(NCc1ccc(Cl)cc1)N1CCN(CC2CCCO2)CC1. The molecule has 5 nitrogen and oxygen atoms in total. The summed E-state index contributed by atoms with van der Waals surface area (Å²) < 4.78 is 5.68. The molecule has 0 aliphatic carbocycles. The van der Waals surface area contributed by atoms with Crippen molar-refractivity contribution in [2.24, 2.45) is 0 Å². The Morgan fingerprint density at radius 1 is 1.22 bits per heavy atom. The van der Waals surface area contributed by atoms with E-state index in [1.54, 1.807) is 0 Å². The predicted octanol–water partition coefficient (Wildman–Crippen LogP) is 2.35. The number of urea groups is 1. The van der Waals surface area contributed by atoms with Gasteiger partial charge in [-0.25, -0.2) is 4.79 Å². The van der Waals surface area contributed by atoms with Gasteiger partial charge < -0.3 is 15.0 Å². The molecule has 1 unspecified atom stereocenters. The quantitative estimate of drug-likeness (QED) is 0.917. The van der Waals surface area contributed by atoms with Crippen molar-refractivity contribution in [2.45, 2.75) is 25.5 Å². The lowest BCUT2D eigenvalue weighted by Gasteiger charge is -2.35. The van der Waals surface area contributed by atoms with Crippen LogP contribution in [0.25, 0.3) is 0 Å². The molecule has 0 spiro atoms. The number of ether oxygens (including phenoxy) is 1. The average molecular weight is 338 g/mol. The first kappa shape index (κ1) is 16.6. The zero-order valence-electron chi connectivity index (χ0n) is 13.3. The number of nitrogens with zero attached hydrogens (tertiary/aromatic N) is 2. The molecule has 1 aromatic carbocycles. The van der Waals surface area contributed by atoms with E-state index in [2.05, 4.69) is 10.2 Å². The number of carbonyl (C=O) groups is 1. The van der Waals surface area contributed by atoms with Crippen molar-refractivity contribution in [3.63, 3.8) is 0 Å². The van der Waals surface area contributed by atoms with Crippen LogP contribution in [0.2, 0.25) is 5.02 Å². The largest absolute Gasteiger partial charge is 0.377 e. The Kier molecular flexibility index (Phi) is 5.75. The molecule has 0 aromatic heterocycles. The van der Waals surface area contributed by atoms with E-state index in [1.807, 2.05) is 29.2 Å². The van der Waals surface area contributed by atoms with Gasteiger partial charge in [0, 0.05) is 50.9 Å². The van der Waals surface area contributed by atoms with Gasteiger partial charge in [0.25, 0.3) is 0 Å². The highest BCUT2D eigenvalue weighted by molar-refractivity contribution is 6.30. The van der Waals surface area contributed by atoms with Crippen molar-refractivity contribution in [1.82, 2.24) is 15.1 Å². The second-order valence-corrected chi connectivity index (χ2v) is 6.64. The molecule has 1 aromatic rings. The monoisotopic (exact) mass is 337 g/mol. The molecule has 2 heterocycles. The standard InChI is InChI=1S/C17H24ClN3O2/c18-15-5-3-14(4-6-15)12-19-17(22)21-9-7-20(8-10-21)13-16-2-1-11-23-16/h3-6,16H,1-2,7-13H2,(H,19,22). The highest BCUT2D eigenvalue weighted by atomic mass is 35.5. The molecule has 2 aliphatic rings. The van der Waals surface area contributed by atoms with Crippen LogP contribution in [0.5, 0.6) is 0 Å². The fourth-order valence-corrected chi connectivity index (χ4v) is 3.23. The van der Waals surface area contributed by atoms with Gasteiger partial charge in [-0.05, 0) is 30.5 Å². The normalized spacial score (nSPS) is 22.3. The van der Waals surface area contributed by atoms with Crippen LogP contribution in [0.1, 0.15) is 18.4 Å². The van der Waals surface area contributed by atoms with Crippen molar-refractivity contribution in [3.8, 4) is 0 Å². The van der Waals surface area contributed by atoms with E-state index in [0.717, 1.165) is 44.9 Å². The Hall–Kier alpha value is -1.30. The van der Waals surface area contributed by atoms with Gasteiger partial charge >= 0.3 is 6.03 Å². The molecule has 2 amide bonds. The number of hydrogen-bond acceptors (Lipinski definition) is 3. The molecule has 3 rings (SSSR count). The summed E-state index contributed by atoms with van der Waals surface area (Å²) in [6, 6.07) is 7.56. The Morgan fingerprint density at radius 2 is 1.96 bits per heavy atom. The van der Waals surface area contributed by atoms with Crippen molar-refractivity contribution >= 4 is 17.6 Å². The number of piperazine rings is 1. The van der Waals surface area contributed by atoms with Gasteiger partial charge in [-0.2, -0.15) is 0 Å². The molecule has 126 valence electrons. The summed E-state index contributed by atoms with van der Waals surface area (Å²) in [5.74, 6) is 0. The topological polar surface area (TPSA) is 44.8 Å². The van der Waals surface area contributed by atoms with Crippen LogP contribution >= 0.6 is 11.6 Å². The number of nitrogens with one attached hydrogen (secondary N) is 1. The molecular formula is C17H24ClN3O2. The molecule has 0 bridgehead atoms. The van der Waals surface area contributed by atoms with Crippen LogP contribution in [0.15, 0.2) is 24.3 Å². The maximum Gasteiger partial charge on any atom is 0.317 e. The average Bonchev–Trinajstić information content (AvgIpc) is 3.08. The fraction of sp³-hybridized carbons (Fsp3) is 0.588. The zero-order chi connectivity index (χ0) is 16.1. The number of carbonyl (C=O) groups excluding carboxylic acids is 1. The summed E-state index contributed by atoms with van der Waals surface area (Å²) in [7, 11) is 0. The van der Waals surface area contributed by atoms with Crippen LogP contribution in [0, 0.1) is 0 Å². The predicted molar refractivity (Wildman–Crippen MR) is 90.7 cm³/mol. The minimum absolute atomic E-state index is 0.0108. The third kappa shape index (κ3) is 4.83. The van der Waals surface area contributed by atoms with Gasteiger partial charge in [0.05, 0.1) is 6.10 Å². The molecular weight excluding hydrogens is 314 g/mol. The second kappa shape index (κ2) is 7.99. The lowest BCUT2D eigenvalue weighted by molar-refractivity contribution is 0.0561. The number of halogens is 1. The fourth-order valence-electron chi connectivity index (χ4n) is 3.10. The summed E-state index contributed by atoms with van der Waals surface area (Å²) in [5.41, 5.74) is 1.06. The number of benzene rings is 1. The van der Waals surface area contributed by atoms with Gasteiger partial charge in [0.15, 0.2) is 0 Å². The Bertz CT molecular complexity index is 509. The Morgan fingerprint density at radius 3 is 2.61 bits per heavy atom. The highest BCUT2D eigenvalue weighted by Crippen LogP contribution is 2.14. The van der Waals surface area contributed by atoms with E-state index in [9.17, 15) is 4.79 Å². The minimum Gasteiger partial charge on any atom is -0.377 e. The van der Waals surface area contributed by atoms with Crippen molar-refractivity contribution in [1.29, 1.82) is 0 Å². The van der Waals surface area contributed by atoms with E-state index < -0.39 is 0 Å². The molecule has 23 heavy (non-hydrogen) atoms. The van der Waals surface area contributed by atoms with E-state index in [0.29, 0.717) is 17.7 Å². The molecule has 1 N–H and O–H groups in total. The highest BCUT2D eigenvalue weighted by Gasteiger charge is 2.24. The molecule has 6 heteroatoms. The number of rotatable bonds is 4. The van der Waals surface area contributed by atoms with E-state index >= 15 is 0 Å². The third-order valence-corrected chi connectivity index (χ3v) is 4.75. The summed E-state index contributed by atoms with van der Waals surface area (Å²) in [6.45, 7) is 5.84. The van der Waals surface area contributed by atoms with Crippen molar-refractivity contribution in [3.05, 3.63) is 34.9 Å². The first-order valence-corrected chi connectivity index (χ1v) is 8.70. The molecule has 2 aliphatic heterocycles. The number of hydrogen-bond donors (Lipinski definition) is 1. The van der Waals surface area contributed by atoms with Gasteiger partial charge in [0.1, 0.15) is 0 Å². The first-order valence-electron chi connectivity index (χ1n) is 8.32. The van der Waals surface area contributed by atoms with Crippen LogP contribution in [-0.4, -0.2) is 61.3 Å².